The highest BCUT2D eigenvalue weighted by Gasteiger charge is 2.30. The maximum atomic E-state index is 13.1. The van der Waals surface area contributed by atoms with Crippen LogP contribution in [-0.4, -0.2) is 51.0 Å². The lowest BCUT2D eigenvalue weighted by Gasteiger charge is -2.36. The van der Waals surface area contributed by atoms with Gasteiger partial charge >= 0.3 is 0 Å². The number of halogens is 1. The van der Waals surface area contributed by atoms with Gasteiger partial charge in [-0.15, -0.1) is 0 Å². The van der Waals surface area contributed by atoms with E-state index in [1.165, 1.54) is 0 Å². The highest BCUT2D eigenvalue weighted by molar-refractivity contribution is 6.30. The molecule has 1 aromatic heterocycles. The Balaban J connectivity index is 1.33. The topological polar surface area (TPSA) is 74.5 Å². The summed E-state index contributed by atoms with van der Waals surface area (Å²) in [6.45, 7) is 10.0. The number of carbonyl (C=O) groups excluding carboxylic acids is 1. The molecule has 8 heteroatoms. The fourth-order valence-electron chi connectivity index (χ4n) is 4.72. The number of hydrogen-bond acceptors (Lipinski definition) is 6. The third-order valence-electron chi connectivity index (χ3n) is 6.52. The molecule has 0 bridgehead atoms. The SMILES string of the molecule is Cc1cc(-c2nc(CN3CC(C)NCC3C)no2)cc2c1C(=O)N(Cc1ccc(Cl)cc1)C2. The van der Waals surface area contributed by atoms with E-state index >= 15 is 0 Å². The van der Waals surface area contributed by atoms with Crippen molar-refractivity contribution in [2.75, 3.05) is 13.1 Å². The molecule has 1 fully saturated rings. The summed E-state index contributed by atoms with van der Waals surface area (Å²) in [5, 5.41) is 8.41. The molecule has 172 valence electrons. The zero-order valence-corrected chi connectivity index (χ0v) is 19.9. The summed E-state index contributed by atoms with van der Waals surface area (Å²) in [7, 11) is 0. The molecular formula is C25H28ClN5O2. The Morgan fingerprint density at radius 2 is 1.97 bits per heavy atom. The van der Waals surface area contributed by atoms with Crippen molar-refractivity contribution in [1.29, 1.82) is 0 Å². The van der Waals surface area contributed by atoms with Crippen LogP contribution in [0.15, 0.2) is 40.9 Å². The fraction of sp³-hybridized carbons (Fsp3) is 0.400. The number of nitrogens with zero attached hydrogens (tertiary/aromatic N) is 4. The molecule has 2 unspecified atom stereocenters. The quantitative estimate of drug-likeness (QED) is 0.613. The molecule has 3 heterocycles. The van der Waals surface area contributed by atoms with Crippen LogP contribution in [0, 0.1) is 6.92 Å². The maximum Gasteiger partial charge on any atom is 0.257 e. The summed E-state index contributed by atoms with van der Waals surface area (Å²) in [5.41, 5.74) is 4.60. The van der Waals surface area contributed by atoms with E-state index in [9.17, 15) is 4.79 Å². The third-order valence-corrected chi connectivity index (χ3v) is 6.77. The van der Waals surface area contributed by atoms with Crippen molar-refractivity contribution in [3.63, 3.8) is 0 Å². The minimum Gasteiger partial charge on any atom is -0.334 e. The van der Waals surface area contributed by atoms with Crippen LogP contribution in [0.5, 0.6) is 0 Å². The van der Waals surface area contributed by atoms with Crippen molar-refractivity contribution in [2.45, 2.75) is 52.5 Å². The van der Waals surface area contributed by atoms with E-state index in [0.29, 0.717) is 48.5 Å². The Hall–Kier alpha value is -2.74. The van der Waals surface area contributed by atoms with Gasteiger partial charge in [0.05, 0.1) is 6.54 Å². The molecule has 1 amide bonds. The summed E-state index contributed by atoms with van der Waals surface area (Å²) < 4.78 is 5.62. The van der Waals surface area contributed by atoms with E-state index in [1.54, 1.807) is 0 Å². The minimum absolute atomic E-state index is 0.0528. The zero-order valence-electron chi connectivity index (χ0n) is 19.1. The van der Waals surface area contributed by atoms with Gasteiger partial charge in [-0.1, -0.05) is 28.9 Å². The van der Waals surface area contributed by atoms with E-state index in [0.717, 1.165) is 40.9 Å². The highest BCUT2D eigenvalue weighted by Crippen LogP contribution is 2.32. The first-order chi connectivity index (χ1) is 15.9. The molecule has 2 atom stereocenters. The smallest absolute Gasteiger partial charge is 0.257 e. The molecule has 2 aromatic carbocycles. The monoisotopic (exact) mass is 465 g/mol. The lowest BCUT2D eigenvalue weighted by molar-refractivity contribution is 0.0766. The van der Waals surface area contributed by atoms with Crippen LogP contribution in [0.2, 0.25) is 5.02 Å². The number of fused-ring (bicyclic) bond motifs is 1. The van der Waals surface area contributed by atoms with Crippen molar-refractivity contribution in [3.05, 3.63) is 69.5 Å². The molecule has 3 aromatic rings. The number of piperazine rings is 1. The molecule has 1 N–H and O–H groups in total. The van der Waals surface area contributed by atoms with Crippen molar-refractivity contribution in [1.82, 2.24) is 25.3 Å². The lowest BCUT2D eigenvalue weighted by atomic mass is 10.0. The van der Waals surface area contributed by atoms with E-state index in [2.05, 4.69) is 34.2 Å². The maximum absolute atomic E-state index is 13.1. The van der Waals surface area contributed by atoms with Gasteiger partial charge in [0.15, 0.2) is 5.82 Å². The van der Waals surface area contributed by atoms with Crippen molar-refractivity contribution in [3.8, 4) is 11.5 Å². The van der Waals surface area contributed by atoms with Gasteiger partial charge in [0.2, 0.25) is 0 Å². The number of benzene rings is 2. The Bertz CT molecular complexity index is 1180. The molecule has 0 aliphatic carbocycles. The van der Waals surface area contributed by atoms with Crippen LogP contribution in [0.1, 0.15) is 46.7 Å². The number of aromatic nitrogens is 2. The van der Waals surface area contributed by atoms with Gasteiger partial charge in [-0.05, 0) is 61.7 Å². The molecule has 33 heavy (non-hydrogen) atoms. The second-order valence-electron chi connectivity index (χ2n) is 9.22. The predicted octanol–water partition coefficient (Wildman–Crippen LogP) is 4.04. The van der Waals surface area contributed by atoms with Crippen LogP contribution >= 0.6 is 11.6 Å². The van der Waals surface area contributed by atoms with Crippen LogP contribution in [0.3, 0.4) is 0 Å². The molecule has 0 radical (unpaired) electrons. The number of amides is 1. The second kappa shape index (κ2) is 8.89. The summed E-state index contributed by atoms with van der Waals surface area (Å²) >= 11 is 5.99. The first kappa shape index (κ1) is 22.1. The van der Waals surface area contributed by atoms with Gasteiger partial charge in [-0.3, -0.25) is 9.69 Å². The lowest BCUT2D eigenvalue weighted by Crippen LogP contribution is -2.53. The standard InChI is InChI=1S/C25H28ClN5O2/c1-15-8-19(24-28-22(29-33-24)14-30-11-16(2)27-10-17(30)3)9-20-13-31(25(32)23(15)20)12-18-4-6-21(26)7-5-18/h4-9,16-17,27H,10-14H2,1-3H3. The molecular weight excluding hydrogens is 438 g/mol. The minimum atomic E-state index is 0.0528. The van der Waals surface area contributed by atoms with Crippen LogP contribution in [0.4, 0.5) is 0 Å². The van der Waals surface area contributed by atoms with Gasteiger partial charge in [0, 0.05) is 54.4 Å². The Labute approximate surface area is 198 Å². The largest absolute Gasteiger partial charge is 0.334 e. The summed E-state index contributed by atoms with van der Waals surface area (Å²) in [6.07, 6.45) is 0. The summed E-state index contributed by atoms with van der Waals surface area (Å²) in [6, 6.07) is 12.5. The van der Waals surface area contributed by atoms with E-state index in [-0.39, 0.29) is 5.91 Å². The van der Waals surface area contributed by atoms with Crippen molar-refractivity contribution in [2.24, 2.45) is 0 Å². The van der Waals surface area contributed by atoms with Gasteiger partial charge in [-0.2, -0.15) is 4.98 Å². The highest BCUT2D eigenvalue weighted by atomic mass is 35.5. The van der Waals surface area contributed by atoms with Crippen LogP contribution < -0.4 is 5.32 Å². The molecule has 7 nitrogen and oxygen atoms in total. The molecule has 0 spiro atoms. The van der Waals surface area contributed by atoms with E-state index in [4.69, 9.17) is 16.1 Å². The first-order valence-corrected chi connectivity index (χ1v) is 11.7. The normalized spacial score (nSPS) is 21.0. The molecule has 5 rings (SSSR count). The predicted molar refractivity (Wildman–Crippen MR) is 127 cm³/mol. The average molecular weight is 466 g/mol. The van der Waals surface area contributed by atoms with Crippen LogP contribution in [0.25, 0.3) is 11.5 Å². The number of rotatable bonds is 5. The Morgan fingerprint density at radius 3 is 2.76 bits per heavy atom. The summed E-state index contributed by atoms with van der Waals surface area (Å²) in [4.78, 5) is 22.0. The van der Waals surface area contributed by atoms with Crippen molar-refractivity contribution < 1.29 is 9.32 Å². The number of hydrogen-bond donors (Lipinski definition) is 1. The Kier molecular flexibility index (Phi) is 5.95. The van der Waals surface area contributed by atoms with E-state index in [1.807, 2.05) is 48.2 Å². The number of aryl methyl sites for hydroxylation is 1. The number of carbonyl (C=O) groups is 1. The number of nitrogens with one attached hydrogen (secondary N) is 1. The second-order valence-corrected chi connectivity index (χ2v) is 9.65. The fourth-order valence-corrected chi connectivity index (χ4v) is 4.85. The summed E-state index contributed by atoms with van der Waals surface area (Å²) in [5.74, 6) is 1.23. The Morgan fingerprint density at radius 1 is 1.18 bits per heavy atom. The van der Waals surface area contributed by atoms with Crippen LogP contribution in [-0.2, 0) is 19.6 Å². The molecule has 2 aliphatic heterocycles. The van der Waals surface area contributed by atoms with Gasteiger partial charge < -0.3 is 14.7 Å². The van der Waals surface area contributed by atoms with E-state index < -0.39 is 0 Å². The molecule has 1 saturated heterocycles. The molecule has 2 aliphatic rings. The zero-order chi connectivity index (χ0) is 23.1. The van der Waals surface area contributed by atoms with Gasteiger partial charge in [0.25, 0.3) is 11.8 Å². The third kappa shape index (κ3) is 4.53. The molecule has 0 saturated carbocycles. The van der Waals surface area contributed by atoms with Gasteiger partial charge in [0.1, 0.15) is 0 Å². The average Bonchev–Trinajstić information content (AvgIpc) is 3.37. The van der Waals surface area contributed by atoms with Gasteiger partial charge in [-0.25, -0.2) is 0 Å². The first-order valence-electron chi connectivity index (χ1n) is 11.3. The van der Waals surface area contributed by atoms with Crippen molar-refractivity contribution >= 4 is 17.5 Å².